The zero-order chi connectivity index (χ0) is 27.0. The van der Waals surface area contributed by atoms with Gasteiger partial charge in [-0.15, -0.1) is 0 Å². The molecule has 36 heavy (non-hydrogen) atoms. The van der Waals surface area contributed by atoms with Crippen molar-refractivity contribution in [3.63, 3.8) is 0 Å². The van der Waals surface area contributed by atoms with Crippen LogP contribution in [0.25, 0.3) is 0 Å². The molecule has 0 heterocycles. The molecule has 0 aromatic heterocycles. The third-order valence-corrected chi connectivity index (χ3v) is 6.91. The van der Waals surface area contributed by atoms with Crippen molar-refractivity contribution in [2.45, 2.75) is 154 Å². The Kier molecular flexibility index (Phi) is 23.4. The van der Waals surface area contributed by atoms with Gasteiger partial charge in [0.1, 0.15) is 6.61 Å². The molecule has 0 N–H and O–H groups in total. The number of hydrogen-bond donors (Lipinski definition) is 0. The third kappa shape index (κ3) is 21.6. The summed E-state index contributed by atoms with van der Waals surface area (Å²) in [6.45, 7) is 4.87. The van der Waals surface area contributed by atoms with Crippen LogP contribution in [0.4, 0.5) is 22.0 Å². The van der Waals surface area contributed by atoms with Crippen molar-refractivity contribution in [2.24, 2.45) is 0 Å². The Bertz CT molecular complexity index is 435. The van der Waals surface area contributed by atoms with Crippen molar-refractivity contribution < 1.29 is 26.7 Å². The standard InChI is InChI=1S/C29H56F5NO/c1-3-5-7-9-11-13-15-17-19-21-23-35(25-26-36-27-28(30,31)29(32,33)34)24-22-20-18-16-14-12-10-8-6-4-2/h3-27H2,1-2H3. The number of nitrogens with zero attached hydrogens (tertiary/aromatic N) is 1. The number of hydrogen-bond acceptors (Lipinski definition) is 2. The lowest BCUT2D eigenvalue weighted by Crippen LogP contribution is -2.41. The highest BCUT2D eigenvalue weighted by Gasteiger charge is 2.57. The molecule has 0 saturated heterocycles. The third-order valence-electron chi connectivity index (χ3n) is 6.91. The van der Waals surface area contributed by atoms with Crippen molar-refractivity contribution in [2.75, 3.05) is 32.8 Å². The molecule has 0 saturated carbocycles. The van der Waals surface area contributed by atoms with Crippen molar-refractivity contribution in [3.05, 3.63) is 0 Å². The minimum atomic E-state index is -5.56. The Hall–Kier alpha value is -0.430. The number of halogens is 5. The molecule has 0 bridgehead atoms. The first-order valence-electron chi connectivity index (χ1n) is 15.0. The minimum Gasteiger partial charge on any atom is -0.373 e. The molecule has 0 aliphatic heterocycles. The van der Waals surface area contributed by atoms with Crippen LogP contribution >= 0.6 is 0 Å². The van der Waals surface area contributed by atoms with Gasteiger partial charge in [0.25, 0.3) is 0 Å². The van der Waals surface area contributed by atoms with E-state index < -0.39 is 18.7 Å². The summed E-state index contributed by atoms with van der Waals surface area (Å²) in [4.78, 5) is 2.18. The molecule has 0 amide bonds. The summed E-state index contributed by atoms with van der Waals surface area (Å²) >= 11 is 0. The lowest BCUT2D eigenvalue weighted by Gasteiger charge is -2.24. The summed E-state index contributed by atoms with van der Waals surface area (Å²) in [6.07, 6.45) is 19.4. The number of unbranched alkanes of at least 4 members (excludes halogenated alkanes) is 18. The fourth-order valence-corrected chi connectivity index (χ4v) is 4.46. The molecule has 2 nitrogen and oxygen atoms in total. The molecule has 0 rings (SSSR count). The van der Waals surface area contributed by atoms with E-state index in [0.717, 1.165) is 38.8 Å². The van der Waals surface area contributed by atoms with Gasteiger partial charge < -0.3 is 9.64 Å². The molecule has 0 atom stereocenters. The summed E-state index contributed by atoms with van der Waals surface area (Å²) in [5.41, 5.74) is 0. The smallest absolute Gasteiger partial charge is 0.373 e. The number of rotatable bonds is 27. The first-order valence-corrected chi connectivity index (χ1v) is 15.0. The van der Waals surface area contributed by atoms with Crippen LogP contribution in [-0.2, 0) is 4.74 Å². The van der Waals surface area contributed by atoms with Crippen LogP contribution in [0, 0.1) is 0 Å². The minimum absolute atomic E-state index is 0.0960. The van der Waals surface area contributed by atoms with Crippen LogP contribution in [0.2, 0.25) is 0 Å². The Balaban J connectivity index is 4.10. The first kappa shape index (κ1) is 35.6. The number of ether oxygens (including phenoxy) is 1. The molecule has 0 unspecified atom stereocenters. The van der Waals surface area contributed by atoms with E-state index in [2.05, 4.69) is 18.7 Å². The van der Waals surface area contributed by atoms with Crippen molar-refractivity contribution >= 4 is 0 Å². The van der Waals surface area contributed by atoms with E-state index in [9.17, 15) is 22.0 Å². The molecule has 0 radical (unpaired) electrons. The van der Waals surface area contributed by atoms with E-state index in [-0.39, 0.29) is 6.61 Å². The average Bonchev–Trinajstić information content (AvgIpc) is 2.82. The molecule has 218 valence electrons. The Morgan fingerprint density at radius 2 is 0.806 bits per heavy atom. The molecule has 0 aromatic rings. The van der Waals surface area contributed by atoms with Gasteiger partial charge in [0.2, 0.25) is 0 Å². The van der Waals surface area contributed by atoms with Gasteiger partial charge in [-0.3, -0.25) is 0 Å². The van der Waals surface area contributed by atoms with Crippen LogP contribution in [0.1, 0.15) is 142 Å². The van der Waals surface area contributed by atoms with E-state index >= 15 is 0 Å². The van der Waals surface area contributed by atoms with Crippen LogP contribution < -0.4 is 0 Å². The van der Waals surface area contributed by atoms with Crippen LogP contribution in [0.5, 0.6) is 0 Å². The Morgan fingerprint density at radius 1 is 0.472 bits per heavy atom. The second kappa shape index (κ2) is 23.7. The van der Waals surface area contributed by atoms with Crippen molar-refractivity contribution in [1.82, 2.24) is 4.90 Å². The highest BCUT2D eigenvalue weighted by atomic mass is 19.4. The fraction of sp³-hybridized carbons (Fsp3) is 1.00. The zero-order valence-corrected chi connectivity index (χ0v) is 23.4. The van der Waals surface area contributed by atoms with Gasteiger partial charge in [0, 0.05) is 6.54 Å². The lowest BCUT2D eigenvalue weighted by atomic mass is 10.1. The topological polar surface area (TPSA) is 12.5 Å². The molecule has 7 heteroatoms. The Labute approximate surface area is 219 Å². The largest absolute Gasteiger partial charge is 0.455 e. The molecular weight excluding hydrogens is 473 g/mol. The van der Waals surface area contributed by atoms with Gasteiger partial charge >= 0.3 is 12.1 Å². The predicted octanol–water partition coefficient (Wildman–Crippen LogP) is 10.3. The van der Waals surface area contributed by atoms with Crippen molar-refractivity contribution in [1.29, 1.82) is 0 Å². The molecule has 0 fully saturated rings. The van der Waals surface area contributed by atoms with Crippen LogP contribution in [0.3, 0.4) is 0 Å². The van der Waals surface area contributed by atoms with Crippen LogP contribution in [0.15, 0.2) is 0 Å². The van der Waals surface area contributed by atoms with Gasteiger partial charge in [0.05, 0.1) is 6.61 Å². The molecule has 0 aliphatic carbocycles. The molecule has 0 aliphatic rings. The predicted molar refractivity (Wildman–Crippen MR) is 142 cm³/mol. The summed E-state index contributed by atoms with van der Waals surface area (Å²) < 4.78 is 67.8. The fourth-order valence-electron chi connectivity index (χ4n) is 4.46. The van der Waals surface area contributed by atoms with E-state index in [4.69, 9.17) is 4.74 Å². The van der Waals surface area contributed by atoms with E-state index in [1.54, 1.807) is 0 Å². The maximum atomic E-state index is 13.1. The number of alkyl halides is 5. The van der Waals surface area contributed by atoms with Gasteiger partial charge in [-0.25, -0.2) is 0 Å². The molecular formula is C29H56F5NO. The highest BCUT2D eigenvalue weighted by Crippen LogP contribution is 2.35. The highest BCUT2D eigenvalue weighted by molar-refractivity contribution is 4.75. The quantitative estimate of drug-likeness (QED) is 0.0775. The molecule has 0 aromatic carbocycles. The maximum absolute atomic E-state index is 13.1. The SMILES string of the molecule is CCCCCCCCCCCCN(CCCCCCCCCCCC)CCOCC(F)(F)C(F)(F)F. The Morgan fingerprint density at radius 3 is 1.14 bits per heavy atom. The van der Waals surface area contributed by atoms with E-state index in [0.29, 0.717) is 6.54 Å². The summed E-state index contributed by atoms with van der Waals surface area (Å²) in [5, 5.41) is 0. The second-order valence-electron chi connectivity index (χ2n) is 10.5. The van der Waals surface area contributed by atoms with Gasteiger partial charge in [-0.2, -0.15) is 22.0 Å². The second-order valence-corrected chi connectivity index (χ2v) is 10.5. The van der Waals surface area contributed by atoms with Gasteiger partial charge in [-0.05, 0) is 25.9 Å². The van der Waals surface area contributed by atoms with Gasteiger partial charge in [0.15, 0.2) is 0 Å². The summed E-state index contributed by atoms with van der Waals surface area (Å²) in [5.74, 6) is -4.79. The van der Waals surface area contributed by atoms with E-state index in [1.807, 2.05) is 0 Å². The first-order chi connectivity index (χ1) is 17.2. The molecule has 0 spiro atoms. The van der Waals surface area contributed by atoms with Gasteiger partial charge in [-0.1, -0.05) is 129 Å². The summed E-state index contributed by atoms with van der Waals surface area (Å²) in [6, 6.07) is 0. The monoisotopic (exact) mass is 529 g/mol. The van der Waals surface area contributed by atoms with E-state index in [1.165, 1.54) is 103 Å². The average molecular weight is 530 g/mol. The maximum Gasteiger partial charge on any atom is 0.455 e. The normalized spacial score (nSPS) is 12.7. The zero-order valence-electron chi connectivity index (χ0n) is 23.4. The lowest BCUT2D eigenvalue weighted by molar-refractivity contribution is -0.296. The summed E-state index contributed by atoms with van der Waals surface area (Å²) in [7, 11) is 0. The van der Waals surface area contributed by atoms with Crippen molar-refractivity contribution in [3.8, 4) is 0 Å². The van der Waals surface area contributed by atoms with Crippen LogP contribution in [-0.4, -0.2) is 49.8 Å².